The molecule has 0 spiro atoms. The van der Waals surface area contributed by atoms with E-state index in [1.807, 2.05) is 12.3 Å². The van der Waals surface area contributed by atoms with E-state index in [9.17, 15) is 0 Å². The molecule has 0 heterocycles. The first-order valence-corrected chi connectivity index (χ1v) is 14.2. The molecule has 0 fully saturated rings. The van der Waals surface area contributed by atoms with Gasteiger partial charge in [-0.1, -0.05) is 121 Å². The molecule has 0 saturated heterocycles. The third-order valence-corrected chi connectivity index (χ3v) is 7.27. The summed E-state index contributed by atoms with van der Waals surface area (Å²) in [5, 5.41) is 0. The lowest BCUT2D eigenvalue weighted by molar-refractivity contribution is 0.354. The van der Waals surface area contributed by atoms with E-state index in [4.69, 9.17) is 4.74 Å². The second kappa shape index (κ2) is 17.8. The van der Waals surface area contributed by atoms with Crippen LogP contribution in [-0.4, -0.2) is 33.8 Å². The molecule has 2 atom stereocenters. The van der Waals surface area contributed by atoms with Gasteiger partial charge in [-0.3, -0.25) is 9.98 Å². The van der Waals surface area contributed by atoms with E-state index in [0.29, 0.717) is 5.76 Å². The number of unbranched alkanes of at least 4 members (excludes halogenated alkanes) is 1. The summed E-state index contributed by atoms with van der Waals surface area (Å²) < 4.78 is 6.49. The lowest BCUT2D eigenvalue weighted by Crippen LogP contribution is -2.19. The Kier molecular flexibility index (Phi) is 15.6. The van der Waals surface area contributed by atoms with Gasteiger partial charge >= 0.3 is 0 Å². The van der Waals surface area contributed by atoms with Crippen LogP contribution in [0.15, 0.2) is 87.7 Å². The third-order valence-electron chi connectivity index (χ3n) is 7.27. The summed E-state index contributed by atoms with van der Waals surface area (Å²) in [5.74, 6) is 1.45. The molecule has 1 rings (SSSR count). The maximum absolute atomic E-state index is 6.49. The van der Waals surface area contributed by atoms with Crippen LogP contribution in [0.25, 0.3) is 0 Å². The Hall–Kier alpha value is -2.62. The largest absolute Gasteiger partial charge is 0.455 e. The molecule has 4 heteroatoms. The Labute approximate surface area is 228 Å². The fourth-order valence-electron chi connectivity index (χ4n) is 4.28. The quantitative estimate of drug-likeness (QED) is 0.0915. The van der Waals surface area contributed by atoms with Crippen LogP contribution in [-0.2, 0) is 4.74 Å². The summed E-state index contributed by atoms with van der Waals surface area (Å²) in [6.07, 6.45) is 22.8. The van der Waals surface area contributed by atoms with Crippen LogP contribution in [0.4, 0.5) is 0 Å². The molecule has 0 aliphatic heterocycles. The molecular weight excluding hydrogens is 451 g/mol. The maximum atomic E-state index is 6.49. The van der Waals surface area contributed by atoms with Crippen molar-refractivity contribution in [3.8, 4) is 0 Å². The monoisotopic (exact) mass is 502 g/mol. The molecule has 0 aliphatic rings. The molecule has 0 bridgehead atoms. The van der Waals surface area contributed by atoms with Crippen molar-refractivity contribution in [2.24, 2.45) is 20.8 Å². The molecule has 0 aliphatic carbocycles. The molecular formula is C33H51BN2O. The van der Waals surface area contributed by atoms with Crippen LogP contribution in [0.3, 0.4) is 0 Å². The molecule has 1 aromatic carbocycles. The van der Waals surface area contributed by atoms with Gasteiger partial charge in [-0.15, -0.1) is 0 Å². The average Bonchev–Trinajstić information content (AvgIpc) is 2.90. The van der Waals surface area contributed by atoms with E-state index in [1.54, 1.807) is 20.3 Å². The molecule has 0 saturated carbocycles. The van der Waals surface area contributed by atoms with Gasteiger partial charge in [0.15, 0.2) is 7.28 Å². The van der Waals surface area contributed by atoms with Crippen LogP contribution in [0.1, 0.15) is 86.5 Å². The van der Waals surface area contributed by atoms with Gasteiger partial charge in [0.25, 0.3) is 0 Å². The Balaban J connectivity index is 3.50. The van der Waals surface area contributed by atoms with Crippen molar-refractivity contribution < 1.29 is 4.74 Å². The highest BCUT2D eigenvalue weighted by Crippen LogP contribution is 2.31. The summed E-state index contributed by atoms with van der Waals surface area (Å²) in [7, 11) is 4.33. The first kappa shape index (κ1) is 32.4. The Morgan fingerprint density at radius 2 is 1.51 bits per heavy atom. The zero-order chi connectivity index (χ0) is 27.6. The second-order valence-corrected chi connectivity index (χ2v) is 10.6. The number of nitrogens with zero attached hydrogens (tertiary/aromatic N) is 2. The van der Waals surface area contributed by atoms with Crippen LogP contribution < -0.4 is 5.46 Å². The summed E-state index contributed by atoms with van der Waals surface area (Å²) in [6.45, 7) is 13.7. The van der Waals surface area contributed by atoms with Crippen molar-refractivity contribution in [3.63, 3.8) is 0 Å². The molecule has 37 heavy (non-hydrogen) atoms. The van der Waals surface area contributed by atoms with Gasteiger partial charge in [0, 0.05) is 14.1 Å². The third kappa shape index (κ3) is 12.5. The summed E-state index contributed by atoms with van der Waals surface area (Å²) in [5.41, 5.74) is 2.69. The fourth-order valence-corrected chi connectivity index (χ4v) is 4.28. The summed E-state index contributed by atoms with van der Waals surface area (Å²) >= 11 is 0. The van der Waals surface area contributed by atoms with Gasteiger partial charge < -0.3 is 4.74 Å². The summed E-state index contributed by atoms with van der Waals surface area (Å²) in [6, 6.07) is 10.6. The highest BCUT2D eigenvalue weighted by atomic mass is 16.5. The van der Waals surface area contributed by atoms with Gasteiger partial charge in [0.05, 0.1) is 12.4 Å². The molecule has 1 aromatic rings. The van der Waals surface area contributed by atoms with Crippen LogP contribution in [0, 0.1) is 10.8 Å². The SMILES string of the molecule is CCCCC(C)(/C=C/C(Bc1ccccc1)=C(\C=N/C)OC(/C=N\C)=C/C=C/C(C)(CC)CCC)CC. The van der Waals surface area contributed by atoms with E-state index in [1.165, 1.54) is 37.6 Å². The van der Waals surface area contributed by atoms with Crippen LogP contribution in [0.2, 0.25) is 0 Å². The Morgan fingerprint density at radius 3 is 2.08 bits per heavy atom. The number of aliphatic imine (C=N–C) groups is 2. The fraction of sp³-hybridized carbons (Fsp3) is 0.515. The topological polar surface area (TPSA) is 34.0 Å². The van der Waals surface area contributed by atoms with Crippen LogP contribution in [0.5, 0.6) is 0 Å². The number of benzene rings is 1. The van der Waals surface area contributed by atoms with Gasteiger partial charge in [0.1, 0.15) is 11.5 Å². The number of ether oxygens (including phenoxy) is 1. The highest BCUT2D eigenvalue weighted by molar-refractivity contribution is 6.62. The normalized spacial score (nSPS) is 16.9. The predicted octanol–water partition coefficient (Wildman–Crippen LogP) is 8.20. The average molecular weight is 503 g/mol. The van der Waals surface area contributed by atoms with Crippen molar-refractivity contribution in [2.75, 3.05) is 14.1 Å². The number of hydrogen-bond donors (Lipinski definition) is 0. The first-order chi connectivity index (χ1) is 17.8. The van der Waals surface area contributed by atoms with E-state index < -0.39 is 0 Å². The highest BCUT2D eigenvalue weighted by Gasteiger charge is 2.19. The molecule has 202 valence electrons. The zero-order valence-corrected chi connectivity index (χ0v) is 24.9. The van der Waals surface area contributed by atoms with Gasteiger partial charge in [-0.25, -0.2) is 0 Å². The predicted molar refractivity (Wildman–Crippen MR) is 168 cm³/mol. The number of allylic oxidation sites excluding steroid dienone is 8. The zero-order valence-electron chi connectivity index (χ0n) is 24.9. The Morgan fingerprint density at radius 1 is 0.865 bits per heavy atom. The van der Waals surface area contributed by atoms with E-state index in [-0.39, 0.29) is 10.8 Å². The van der Waals surface area contributed by atoms with Crippen molar-refractivity contribution in [1.82, 2.24) is 0 Å². The lowest BCUT2D eigenvalue weighted by atomic mass is 9.62. The number of rotatable bonds is 17. The minimum absolute atomic E-state index is 0.155. The minimum Gasteiger partial charge on any atom is -0.455 e. The van der Waals surface area contributed by atoms with Gasteiger partial charge in [-0.2, -0.15) is 0 Å². The minimum atomic E-state index is 0.155. The smallest absolute Gasteiger partial charge is 0.197 e. The molecule has 3 nitrogen and oxygen atoms in total. The van der Waals surface area contributed by atoms with Crippen molar-refractivity contribution in [3.05, 3.63) is 77.7 Å². The molecule has 0 radical (unpaired) electrons. The summed E-state index contributed by atoms with van der Waals surface area (Å²) in [4.78, 5) is 8.61. The second-order valence-electron chi connectivity index (χ2n) is 10.6. The van der Waals surface area contributed by atoms with Crippen molar-refractivity contribution in [1.29, 1.82) is 0 Å². The molecule has 0 amide bonds. The molecule has 2 unspecified atom stereocenters. The van der Waals surface area contributed by atoms with E-state index in [2.05, 4.69) is 106 Å². The lowest BCUT2D eigenvalue weighted by Gasteiger charge is -2.24. The van der Waals surface area contributed by atoms with Crippen LogP contribution >= 0.6 is 0 Å². The maximum Gasteiger partial charge on any atom is 0.197 e. The van der Waals surface area contributed by atoms with Gasteiger partial charge in [-0.05, 0) is 48.1 Å². The molecule has 0 N–H and O–H groups in total. The van der Waals surface area contributed by atoms with Crippen molar-refractivity contribution in [2.45, 2.75) is 86.5 Å². The standard InChI is InChI=1S/C33H51BN2O/c1-9-13-23-33(6,12-4)25-21-30(34-28-18-15-14-16-19-28)31(27-36-8)37-29(26-35-7)20-17-24-32(5,11-3)22-10-2/h14-21,24-27,34H,9-13,22-23H2,1-8H3/b24-17+,25-21+,29-20+,31-30-,35-26-,36-27-. The number of hydrogen-bond acceptors (Lipinski definition) is 3. The van der Waals surface area contributed by atoms with Gasteiger partial charge in [0.2, 0.25) is 0 Å². The van der Waals surface area contributed by atoms with E-state index >= 15 is 0 Å². The van der Waals surface area contributed by atoms with Crippen molar-refractivity contribution >= 4 is 25.2 Å². The van der Waals surface area contributed by atoms with E-state index in [0.717, 1.165) is 31.4 Å². The molecule has 0 aromatic heterocycles. The Bertz CT molecular complexity index is 958. The first-order valence-electron chi connectivity index (χ1n) is 14.2.